The molecule has 0 radical (unpaired) electrons. The van der Waals surface area contributed by atoms with Gasteiger partial charge in [-0.25, -0.2) is 9.97 Å². The van der Waals surface area contributed by atoms with E-state index in [1.165, 1.54) is 66.1 Å². The summed E-state index contributed by atoms with van der Waals surface area (Å²) in [5.74, 6) is 0.664. The van der Waals surface area contributed by atoms with Crippen LogP contribution in [0.2, 0.25) is 0 Å². The van der Waals surface area contributed by atoms with Crippen molar-refractivity contribution in [1.29, 1.82) is 0 Å². The molecule has 0 saturated carbocycles. The average molecular weight is 778 g/mol. The van der Waals surface area contributed by atoms with E-state index in [0.717, 1.165) is 44.8 Å². The SMILES string of the molecule is C=C/C=C(\C=C/C)c1cc(-c2ccc3c(c2)-c2ccccc2C32c3ccccc3-c3cc4ccccc4cc32)nc(-c2cccc(-n3c4ccccc4c4ccccc43)c2)n1. The van der Waals surface area contributed by atoms with Crippen molar-refractivity contribution in [1.82, 2.24) is 14.5 Å². The monoisotopic (exact) mass is 777 g/mol. The van der Waals surface area contributed by atoms with E-state index in [9.17, 15) is 0 Å². The molecule has 2 heterocycles. The minimum atomic E-state index is -0.443. The molecule has 0 amide bonds. The van der Waals surface area contributed by atoms with Crippen molar-refractivity contribution in [2.75, 3.05) is 0 Å². The lowest BCUT2D eigenvalue weighted by Crippen LogP contribution is -2.25. The second-order valence-corrected chi connectivity index (χ2v) is 16.1. The first-order valence-corrected chi connectivity index (χ1v) is 21.0. The maximum atomic E-state index is 5.40. The normalized spacial score (nSPS) is 15.1. The Labute approximate surface area is 355 Å². The van der Waals surface area contributed by atoms with Gasteiger partial charge in [-0.2, -0.15) is 0 Å². The van der Waals surface area contributed by atoms with Crippen LogP contribution in [0.5, 0.6) is 0 Å². The molecule has 2 aliphatic rings. The van der Waals surface area contributed by atoms with Gasteiger partial charge in [-0.15, -0.1) is 0 Å². The van der Waals surface area contributed by atoms with Gasteiger partial charge in [0.2, 0.25) is 0 Å². The third kappa shape index (κ3) is 5.11. The van der Waals surface area contributed by atoms with Crippen molar-refractivity contribution in [3.8, 4) is 50.6 Å². The molecule has 0 saturated heterocycles. The molecule has 3 heteroatoms. The molecule has 0 bridgehead atoms. The highest BCUT2D eigenvalue weighted by atomic mass is 15.0. The average Bonchev–Trinajstić information content (AvgIpc) is 3.92. The molecule has 1 atom stereocenters. The number of aromatic nitrogens is 3. The Balaban J connectivity index is 1.06. The number of rotatable bonds is 6. The lowest BCUT2D eigenvalue weighted by Gasteiger charge is -2.30. The lowest BCUT2D eigenvalue weighted by atomic mass is 9.70. The standard InChI is InChI=1S/C58H39N3/c1-3-16-37(17-4-2)53-36-54(60-57(59-53)41-20-15-21-42(32-41)61-55-28-13-9-24-45(55)46-25-10-14-29-56(46)61)40-30-31-51-47(34-40)43-22-7-11-26-49(43)58(51)50-27-12-8-23-44(50)48-33-38-18-5-6-19-39(38)35-52(48)58/h3-36H,1H2,2H3/b17-4-,37-16+. The summed E-state index contributed by atoms with van der Waals surface area (Å²) in [4.78, 5) is 10.7. The lowest BCUT2D eigenvalue weighted by molar-refractivity contribution is 0.795. The zero-order chi connectivity index (χ0) is 40.7. The van der Waals surface area contributed by atoms with Crippen LogP contribution >= 0.6 is 0 Å². The Morgan fingerprint density at radius 3 is 1.85 bits per heavy atom. The van der Waals surface area contributed by atoms with Gasteiger partial charge in [0, 0.05) is 27.6 Å². The molecule has 1 unspecified atom stereocenters. The van der Waals surface area contributed by atoms with E-state index in [1.54, 1.807) is 0 Å². The molecule has 8 aromatic carbocycles. The van der Waals surface area contributed by atoms with Crippen molar-refractivity contribution in [2.24, 2.45) is 0 Å². The van der Waals surface area contributed by atoms with Gasteiger partial charge in [-0.05, 0) is 116 Å². The van der Waals surface area contributed by atoms with Gasteiger partial charge in [0.05, 0.1) is 27.8 Å². The first-order valence-electron chi connectivity index (χ1n) is 21.0. The number of hydrogen-bond donors (Lipinski definition) is 0. The van der Waals surface area contributed by atoms with Gasteiger partial charge in [-0.1, -0.05) is 164 Å². The van der Waals surface area contributed by atoms with Crippen molar-refractivity contribution in [3.63, 3.8) is 0 Å². The highest BCUT2D eigenvalue weighted by Crippen LogP contribution is 2.63. The summed E-state index contributed by atoms with van der Waals surface area (Å²) in [6, 6.07) is 66.6. The second kappa shape index (κ2) is 13.6. The maximum Gasteiger partial charge on any atom is 0.160 e. The van der Waals surface area contributed by atoms with E-state index < -0.39 is 5.41 Å². The van der Waals surface area contributed by atoms with Gasteiger partial charge in [0.25, 0.3) is 0 Å². The Kier molecular flexibility index (Phi) is 7.82. The molecular weight excluding hydrogens is 739 g/mol. The molecule has 0 aliphatic heterocycles. The van der Waals surface area contributed by atoms with Crippen LogP contribution in [0, 0.1) is 0 Å². The molecule has 12 rings (SSSR count). The molecule has 286 valence electrons. The van der Waals surface area contributed by atoms with Crippen LogP contribution < -0.4 is 0 Å². The predicted molar refractivity (Wildman–Crippen MR) is 254 cm³/mol. The van der Waals surface area contributed by atoms with Crippen LogP contribution in [-0.2, 0) is 5.41 Å². The van der Waals surface area contributed by atoms with E-state index >= 15 is 0 Å². The summed E-state index contributed by atoms with van der Waals surface area (Å²) in [6.45, 7) is 6.08. The molecule has 0 N–H and O–H groups in total. The van der Waals surface area contributed by atoms with Crippen LogP contribution in [-0.4, -0.2) is 14.5 Å². The van der Waals surface area contributed by atoms with E-state index in [2.05, 4.69) is 199 Å². The summed E-state index contributed by atoms with van der Waals surface area (Å²) >= 11 is 0. The van der Waals surface area contributed by atoms with Gasteiger partial charge in [0.1, 0.15) is 0 Å². The molecule has 10 aromatic rings. The topological polar surface area (TPSA) is 30.7 Å². The predicted octanol–water partition coefficient (Wildman–Crippen LogP) is 14.5. The smallest absolute Gasteiger partial charge is 0.160 e. The zero-order valence-corrected chi connectivity index (χ0v) is 33.7. The van der Waals surface area contributed by atoms with Crippen LogP contribution in [0.1, 0.15) is 34.9 Å². The molecule has 61 heavy (non-hydrogen) atoms. The third-order valence-corrected chi connectivity index (χ3v) is 12.9. The molecule has 0 fully saturated rings. The summed E-state index contributed by atoms with van der Waals surface area (Å²) in [5.41, 5.74) is 18.0. The summed E-state index contributed by atoms with van der Waals surface area (Å²) < 4.78 is 2.34. The fourth-order valence-corrected chi connectivity index (χ4v) is 10.4. The zero-order valence-electron chi connectivity index (χ0n) is 33.7. The van der Waals surface area contributed by atoms with E-state index in [4.69, 9.17) is 9.97 Å². The number of fused-ring (bicyclic) bond motifs is 14. The van der Waals surface area contributed by atoms with Gasteiger partial charge >= 0.3 is 0 Å². The van der Waals surface area contributed by atoms with E-state index in [0.29, 0.717) is 5.82 Å². The van der Waals surface area contributed by atoms with Gasteiger partial charge in [-0.3, -0.25) is 0 Å². The third-order valence-electron chi connectivity index (χ3n) is 12.9. The minimum Gasteiger partial charge on any atom is -0.309 e. The van der Waals surface area contributed by atoms with Crippen LogP contribution in [0.4, 0.5) is 0 Å². The first kappa shape index (κ1) is 35.1. The molecule has 3 nitrogen and oxygen atoms in total. The Morgan fingerprint density at radius 2 is 1.15 bits per heavy atom. The minimum absolute atomic E-state index is 0.443. The van der Waals surface area contributed by atoms with E-state index in [-0.39, 0.29) is 0 Å². The molecule has 1 spiro atoms. The van der Waals surface area contributed by atoms with Gasteiger partial charge < -0.3 is 4.57 Å². The Bertz CT molecular complexity index is 3470. The van der Waals surface area contributed by atoms with Crippen molar-refractivity contribution in [2.45, 2.75) is 12.3 Å². The first-order chi connectivity index (χ1) is 30.1. The quantitative estimate of drug-likeness (QED) is 0.157. The Morgan fingerprint density at radius 1 is 0.525 bits per heavy atom. The second-order valence-electron chi connectivity index (χ2n) is 16.1. The number of benzene rings is 8. The van der Waals surface area contributed by atoms with Crippen molar-refractivity contribution < 1.29 is 0 Å². The number of para-hydroxylation sites is 2. The fraction of sp³-hybridized carbons (Fsp3) is 0.0345. The summed E-state index contributed by atoms with van der Waals surface area (Å²) in [5, 5.41) is 4.97. The molecule has 2 aliphatic carbocycles. The fourth-order valence-electron chi connectivity index (χ4n) is 10.4. The van der Waals surface area contributed by atoms with E-state index in [1.807, 2.05) is 25.2 Å². The van der Waals surface area contributed by atoms with Crippen molar-refractivity contribution in [3.05, 3.63) is 241 Å². The highest BCUT2D eigenvalue weighted by molar-refractivity contribution is 6.09. The van der Waals surface area contributed by atoms with Gasteiger partial charge in [0.15, 0.2) is 5.82 Å². The summed E-state index contributed by atoms with van der Waals surface area (Å²) in [6.07, 6.45) is 7.98. The van der Waals surface area contributed by atoms with Crippen LogP contribution in [0.3, 0.4) is 0 Å². The largest absolute Gasteiger partial charge is 0.309 e. The van der Waals surface area contributed by atoms with Crippen molar-refractivity contribution >= 4 is 38.2 Å². The maximum absolute atomic E-state index is 5.40. The van der Waals surface area contributed by atoms with Crippen LogP contribution in [0.25, 0.3) is 88.7 Å². The van der Waals surface area contributed by atoms with Crippen LogP contribution in [0.15, 0.2) is 213 Å². The number of allylic oxidation sites excluding steroid dienone is 5. The summed E-state index contributed by atoms with van der Waals surface area (Å²) in [7, 11) is 0. The number of hydrogen-bond acceptors (Lipinski definition) is 2. The Hall–Kier alpha value is -7.88. The number of nitrogens with zero attached hydrogens (tertiary/aromatic N) is 3. The molecule has 2 aromatic heterocycles. The molecular formula is C58H39N3. The highest BCUT2D eigenvalue weighted by Gasteiger charge is 2.51.